The molecule has 0 aliphatic carbocycles. The number of hydrogen-bond donors (Lipinski definition) is 4. The fraction of sp³-hybridized carbons (Fsp3) is 0.143. The average molecular weight is 376 g/mol. The van der Waals surface area contributed by atoms with Gasteiger partial charge in [-0.05, 0) is 37.4 Å². The second kappa shape index (κ2) is 7.21. The van der Waals surface area contributed by atoms with E-state index in [0.717, 1.165) is 16.5 Å². The molecule has 0 aliphatic heterocycles. The maximum Gasteiger partial charge on any atom is 0.273 e. The minimum atomic E-state index is -0.281. The molecular formula is C21H20N4O3. The van der Waals surface area contributed by atoms with Crippen molar-refractivity contribution in [3.05, 3.63) is 64.4 Å². The molecular weight excluding hydrogens is 356 g/mol. The van der Waals surface area contributed by atoms with Gasteiger partial charge in [-0.15, -0.1) is 0 Å². The van der Waals surface area contributed by atoms with Crippen LogP contribution in [0.1, 0.15) is 5.56 Å². The fourth-order valence-corrected chi connectivity index (χ4v) is 3.27. The van der Waals surface area contributed by atoms with Crippen LogP contribution < -0.4 is 15.6 Å². The molecule has 28 heavy (non-hydrogen) atoms. The van der Waals surface area contributed by atoms with Crippen molar-refractivity contribution in [3.8, 4) is 34.0 Å². The number of para-hydroxylation sites is 1. The van der Waals surface area contributed by atoms with Crippen LogP contribution in [-0.2, 0) is 6.54 Å². The van der Waals surface area contributed by atoms with Gasteiger partial charge in [-0.1, -0.05) is 18.2 Å². The molecule has 4 rings (SSSR count). The molecule has 2 aromatic carbocycles. The highest BCUT2D eigenvalue weighted by Crippen LogP contribution is 2.35. The molecule has 4 aromatic rings. The second-order valence-corrected chi connectivity index (χ2v) is 6.48. The first-order valence-electron chi connectivity index (χ1n) is 8.83. The number of fused-ring (bicyclic) bond motifs is 1. The topological polar surface area (TPSA) is 103 Å². The zero-order valence-electron chi connectivity index (χ0n) is 15.5. The molecule has 142 valence electrons. The van der Waals surface area contributed by atoms with E-state index in [-0.39, 0.29) is 11.3 Å². The summed E-state index contributed by atoms with van der Waals surface area (Å²) < 4.78 is 5.29. The summed E-state index contributed by atoms with van der Waals surface area (Å²) in [6.45, 7) is 0.467. The SMILES string of the molecule is CNCc1cc(-c2cc(-c3cc4ccccc4[nH]3)c(=O)[nH]n2)cc(OC)c1O. The van der Waals surface area contributed by atoms with Crippen LogP contribution in [-0.4, -0.2) is 34.4 Å². The van der Waals surface area contributed by atoms with Crippen LogP contribution in [0.5, 0.6) is 11.5 Å². The number of rotatable bonds is 5. The highest BCUT2D eigenvalue weighted by Gasteiger charge is 2.15. The van der Waals surface area contributed by atoms with E-state index in [1.807, 2.05) is 36.4 Å². The van der Waals surface area contributed by atoms with E-state index in [1.165, 1.54) is 7.11 Å². The Balaban J connectivity index is 1.85. The van der Waals surface area contributed by atoms with Gasteiger partial charge in [0, 0.05) is 28.6 Å². The normalized spacial score (nSPS) is 11.1. The van der Waals surface area contributed by atoms with Crippen molar-refractivity contribution in [3.63, 3.8) is 0 Å². The minimum Gasteiger partial charge on any atom is -0.504 e. The van der Waals surface area contributed by atoms with Crippen molar-refractivity contribution in [1.29, 1.82) is 0 Å². The van der Waals surface area contributed by atoms with Crippen molar-refractivity contribution in [2.75, 3.05) is 14.2 Å². The van der Waals surface area contributed by atoms with Crippen molar-refractivity contribution in [2.45, 2.75) is 6.54 Å². The number of aromatic hydroxyl groups is 1. The number of benzene rings is 2. The number of nitrogens with one attached hydrogen (secondary N) is 3. The fourth-order valence-electron chi connectivity index (χ4n) is 3.27. The Morgan fingerprint density at radius 3 is 2.75 bits per heavy atom. The molecule has 0 atom stereocenters. The Morgan fingerprint density at radius 2 is 2.00 bits per heavy atom. The lowest BCUT2D eigenvalue weighted by atomic mass is 10.0. The van der Waals surface area contributed by atoms with E-state index in [0.29, 0.717) is 34.8 Å². The first-order chi connectivity index (χ1) is 13.6. The predicted octanol–water partition coefficient (Wildman–Crippen LogP) is 3.02. The van der Waals surface area contributed by atoms with Crippen molar-refractivity contribution >= 4 is 10.9 Å². The summed E-state index contributed by atoms with van der Waals surface area (Å²) in [5.41, 5.74) is 3.86. The Morgan fingerprint density at radius 1 is 1.18 bits per heavy atom. The van der Waals surface area contributed by atoms with Gasteiger partial charge in [0.2, 0.25) is 0 Å². The number of phenols is 1. The Bertz CT molecular complexity index is 1180. The van der Waals surface area contributed by atoms with Gasteiger partial charge in [-0.2, -0.15) is 5.10 Å². The maximum absolute atomic E-state index is 12.4. The second-order valence-electron chi connectivity index (χ2n) is 6.48. The van der Waals surface area contributed by atoms with E-state index in [4.69, 9.17) is 4.74 Å². The summed E-state index contributed by atoms with van der Waals surface area (Å²) in [6.07, 6.45) is 0. The van der Waals surface area contributed by atoms with Crippen molar-refractivity contribution in [1.82, 2.24) is 20.5 Å². The number of aromatic nitrogens is 3. The molecule has 0 unspecified atom stereocenters. The number of hydrogen-bond acceptors (Lipinski definition) is 5. The zero-order chi connectivity index (χ0) is 19.7. The highest BCUT2D eigenvalue weighted by atomic mass is 16.5. The van der Waals surface area contributed by atoms with Crippen LogP contribution in [0.4, 0.5) is 0 Å². The lowest BCUT2D eigenvalue weighted by molar-refractivity contribution is 0.370. The molecule has 0 bridgehead atoms. The van der Waals surface area contributed by atoms with Gasteiger partial charge in [0.1, 0.15) is 0 Å². The van der Waals surface area contributed by atoms with Crippen molar-refractivity contribution in [2.24, 2.45) is 0 Å². The van der Waals surface area contributed by atoms with Crippen LogP contribution in [0.15, 0.2) is 53.3 Å². The summed E-state index contributed by atoms with van der Waals surface area (Å²) in [7, 11) is 3.29. The maximum atomic E-state index is 12.4. The minimum absolute atomic E-state index is 0.0841. The Kier molecular flexibility index (Phi) is 4.58. The third kappa shape index (κ3) is 3.12. The lowest BCUT2D eigenvalue weighted by Gasteiger charge is -2.12. The number of H-pyrrole nitrogens is 2. The molecule has 7 nitrogen and oxygen atoms in total. The molecule has 0 amide bonds. The summed E-state index contributed by atoms with van der Waals surface area (Å²) in [5, 5.41) is 21.1. The molecule has 0 fully saturated rings. The lowest BCUT2D eigenvalue weighted by Crippen LogP contribution is -2.12. The Labute approximate surface area is 161 Å². The van der Waals surface area contributed by atoms with Crippen LogP contribution in [0, 0.1) is 0 Å². The molecule has 0 radical (unpaired) electrons. The standard InChI is InChI=1S/C21H20N4O3/c1-22-11-14-7-13(9-19(28-2)20(14)26)17-10-15(21(27)25-24-17)18-8-12-5-3-4-6-16(12)23-18/h3-10,22-23,26H,11H2,1-2H3,(H,25,27). The molecule has 0 spiro atoms. The number of nitrogens with zero attached hydrogens (tertiary/aromatic N) is 1. The molecule has 0 saturated carbocycles. The summed E-state index contributed by atoms with van der Waals surface area (Å²) in [6, 6.07) is 15.0. The van der Waals surface area contributed by atoms with Gasteiger partial charge < -0.3 is 20.1 Å². The van der Waals surface area contributed by atoms with E-state index >= 15 is 0 Å². The van der Waals surface area contributed by atoms with Gasteiger partial charge in [0.15, 0.2) is 11.5 Å². The monoisotopic (exact) mass is 376 g/mol. The van der Waals surface area contributed by atoms with Gasteiger partial charge >= 0.3 is 0 Å². The van der Waals surface area contributed by atoms with E-state index in [9.17, 15) is 9.90 Å². The molecule has 4 N–H and O–H groups in total. The number of aromatic amines is 2. The molecule has 2 aromatic heterocycles. The van der Waals surface area contributed by atoms with Gasteiger partial charge in [0.25, 0.3) is 5.56 Å². The summed E-state index contributed by atoms with van der Waals surface area (Å²) >= 11 is 0. The van der Waals surface area contributed by atoms with E-state index in [1.54, 1.807) is 19.2 Å². The third-order valence-electron chi connectivity index (χ3n) is 4.66. The highest BCUT2D eigenvalue weighted by molar-refractivity contribution is 5.86. The van der Waals surface area contributed by atoms with Crippen LogP contribution in [0.25, 0.3) is 33.4 Å². The Hall–Kier alpha value is -3.58. The van der Waals surface area contributed by atoms with E-state index < -0.39 is 0 Å². The van der Waals surface area contributed by atoms with E-state index in [2.05, 4.69) is 20.5 Å². The van der Waals surface area contributed by atoms with Crippen LogP contribution >= 0.6 is 0 Å². The molecule has 7 heteroatoms. The average Bonchev–Trinajstić information content (AvgIpc) is 3.14. The third-order valence-corrected chi connectivity index (χ3v) is 4.66. The van der Waals surface area contributed by atoms with Crippen LogP contribution in [0.3, 0.4) is 0 Å². The molecule has 0 saturated heterocycles. The summed E-state index contributed by atoms with van der Waals surface area (Å²) in [4.78, 5) is 15.7. The molecule has 2 heterocycles. The van der Waals surface area contributed by atoms with Gasteiger partial charge in [-0.3, -0.25) is 4.79 Å². The largest absolute Gasteiger partial charge is 0.504 e. The van der Waals surface area contributed by atoms with Crippen molar-refractivity contribution < 1.29 is 9.84 Å². The molecule has 0 aliphatic rings. The first kappa shape index (κ1) is 17.8. The smallest absolute Gasteiger partial charge is 0.273 e. The van der Waals surface area contributed by atoms with Gasteiger partial charge in [-0.25, -0.2) is 5.10 Å². The zero-order valence-corrected chi connectivity index (χ0v) is 15.5. The quantitative estimate of drug-likeness (QED) is 0.429. The summed E-state index contributed by atoms with van der Waals surface area (Å²) in [5.74, 6) is 0.434. The number of methoxy groups -OCH3 is 1. The first-order valence-corrected chi connectivity index (χ1v) is 8.83. The predicted molar refractivity (Wildman–Crippen MR) is 109 cm³/mol. The number of phenolic OH excluding ortho intramolecular Hbond substituents is 1. The number of ether oxygens (including phenoxy) is 1. The van der Waals surface area contributed by atoms with Gasteiger partial charge in [0.05, 0.1) is 24.1 Å². The van der Waals surface area contributed by atoms with Crippen LogP contribution in [0.2, 0.25) is 0 Å².